The van der Waals surface area contributed by atoms with E-state index in [-0.39, 0.29) is 24.1 Å². The third kappa shape index (κ3) is 3.60. The van der Waals surface area contributed by atoms with Crippen LogP contribution < -0.4 is 10.2 Å². The van der Waals surface area contributed by atoms with Crippen LogP contribution in [-0.4, -0.2) is 49.2 Å². The second-order valence-corrected chi connectivity index (χ2v) is 6.92. The van der Waals surface area contributed by atoms with Crippen LogP contribution in [0, 0.1) is 12.7 Å². The molecule has 4 rings (SSSR count). The second kappa shape index (κ2) is 7.46. The highest BCUT2D eigenvalue weighted by Crippen LogP contribution is 2.23. The molecule has 1 N–H and O–H groups in total. The summed E-state index contributed by atoms with van der Waals surface area (Å²) in [5.74, 6) is -0.482. The number of nitrogens with zero attached hydrogens (tertiary/aromatic N) is 6. The molecule has 0 spiro atoms. The third-order valence-corrected chi connectivity index (χ3v) is 4.93. The van der Waals surface area contributed by atoms with Crippen molar-refractivity contribution in [1.82, 2.24) is 29.6 Å². The van der Waals surface area contributed by atoms with Gasteiger partial charge < -0.3 is 9.88 Å². The van der Waals surface area contributed by atoms with Crippen molar-refractivity contribution in [2.45, 2.75) is 32.5 Å². The SMILES string of the molecule is Cc1ncn2c1N(C)C(=O)C(NC(=O)c1ncn(Cc3ccccc3F)n1)CC2. The molecule has 2 aromatic heterocycles. The van der Waals surface area contributed by atoms with E-state index in [4.69, 9.17) is 0 Å². The molecule has 1 aliphatic heterocycles. The average Bonchev–Trinajstić information content (AvgIpc) is 3.29. The summed E-state index contributed by atoms with van der Waals surface area (Å²) in [7, 11) is 1.66. The number of halogens is 1. The summed E-state index contributed by atoms with van der Waals surface area (Å²) in [4.78, 5) is 35.1. The van der Waals surface area contributed by atoms with E-state index in [2.05, 4.69) is 20.4 Å². The molecule has 1 unspecified atom stereocenters. The van der Waals surface area contributed by atoms with E-state index in [9.17, 15) is 14.0 Å². The number of carbonyl (C=O) groups excluding carboxylic acids is 2. The molecular formula is C19H20FN7O2. The van der Waals surface area contributed by atoms with Crippen LogP contribution in [0.15, 0.2) is 36.9 Å². The van der Waals surface area contributed by atoms with E-state index >= 15 is 0 Å². The van der Waals surface area contributed by atoms with Crippen molar-refractivity contribution in [3.63, 3.8) is 0 Å². The minimum atomic E-state index is -0.703. The first-order valence-corrected chi connectivity index (χ1v) is 9.17. The molecule has 3 aromatic rings. The molecule has 0 fully saturated rings. The van der Waals surface area contributed by atoms with E-state index in [0.29, 0.717) is 18.5 Å². The lowest BCUT2D eigenvalue weighted by Crippen LogP contribution is -2.47. The van der Waals surface area contributed by atoms with Gasteiger partial charge in [0.25, 0.3) is 11.8 Å². The molecule has 150 valence electrons. The molecule has 0 saturated carbocycles. The number of aryl methyl sites for hydroxylation is 2. The Morgan fingerprint density at radius 1 is 1.28 bits per heavy atom. The lowest BCUT2D eigenvalue weighted by atomic mass is 10.2. The summed E-state index contributed by atoms with van der Waals surface area (Å²) in [6.45, 7) is 2.53. The van der Waals surface area contributed by atoms with Crippen LogP contribution in [0.1, 0.15) is 28.3 Å². The minimum absolute atomic E-state index is 0.0708. The first-order chi connectivity index (χ1) is 13.9. The van der Waals surface area contributed by atoms with Crippen LogP contribution in [0.4, 0.5) is 10.2 Å². The van der Waals surface area contributed by atoms with Crippen LogP contribution in [0.25, 0.3) is 0 Å². The monoisotopic (exact) mass is 397 g/mol. The Bertz CT molecular complexity index is 1070. The fourth-order valence-corrected chi connectivity index (χ4v) is 3.44. The first-order valence-electron chi connectivity index (χ1n) is 9.17. The molecule has 1 atom stereocenters. The predicted molar refractivity (Wildman–Crippen MR) is 102 cm³/mol. The lowest BCUT2D eigenvalue weighted by Gasteiger charge is -2.20. The van der Waals surface area contributed by atoms with Gasteiger partial charge in [-0.3, -0.25) is 14.5 Å². The molecule has 0 aliphatic carbocycles. The van der Waals surface area contributed by atoms with Crippen LogP contribution in [0.5, 0.6) is 0 Å². The van der Waals surface area contributed by atoms with Gasteiger partial charge in [0.05, 0.1) is 18.6 Å². The molecule has 10 heteroatoms. The molecular weight excluding hydrogens is 377 g/mol. The van der Waals surface area contributed by atoms with Gasteiger partial charge in [-0.25, -0.2) is 19.0 Å². The smallest absolute Gasteiger partial charge is 0.291 e. The fraction of sp³-hybridized carbons (Fsp3) is 0.316. The van der Waals surface area contributed by atoms with Crippen molar-refractivity contribution in [2.75, 3.05) is 11.9 Å². The van der Waals surface area contributed by atoms with E-state index < -0.39 is 11.9 Å². The summed E-state index contributed by atoms with van der Waals surface area (Å²) in [6.07, 6.45) is 3.47. The fourth-order valence-electron chi connectivity index (χ4n) is 3.44. The molecule has 1 aliphatic rings. The summed E-state index contributed by atoms with van der Waals surface area (Å²) < 4.78 is 17.1. The number of imidazole rings is 1. The Hall–Kier alpha value is -3.56. The summed E-state index contributed by atoms with van der Waals surface area (Å²) in [6, 6.07) is 5.63. The number of carbonyl (C=O) groups is 2. The number of aromatic nitrogens is 5. The van der Waals surface area contributed by atoms with Crippen LogP contribution in [0.2, 0.25) is 0 Å². The van der Waals surface area contributed by atoms with Gasteiger partial charge in [0, 0.05) is 19.2 Å². The number of benzene rings is 1. The third-order valence-electron chi connectivity index (χ3n) is 4.93. The number of rotatable bonds is 4. The van der Waals surface area contributed by atoms with Gasteiger partial charge in [-0.1, -0.05) is 18.2 Å². The van der Waals surface area contributed by atoms with Gasteiger partial charge >= 0.3 is 0 Å². The highest BCUT2D eigenvalue weighted by atomic mass is 19.1. The molecule has 2 amide bonds. The first kappa shape index (κ1) is 18.8. The van der Waals surface area contributed by atoms with Gasteiger partial charge in [0.15, 0.2) is 0 Å². The zero-order valence-electron chi connectivity index (χ0n) is 16.0. The van der Waals surface area contributed by atoms with Gasteiger partial charge in [0.1, 0.15) is 24.0 Å². The maximum Gasteiger partial charge on any atom is 0.291 e. The van der Waals surface area contributed by atoms with E-state index in [0.717, 1.165) is 11.5 Å². The minimum Gasteiger partial charge on any atom is -0.337 e. The summed E-state index contributed by atoms with van der Waals surface area (Å²) >= 11 is 0. The number of likely N-dealkylation sites (N-methyl/N-ethyl adjacent to an activating group) is 1. The number of hydrogen-bond donors (Lipinski definition) is 1. The van der Waals surface area contributed by atoms with Crippen molar-refractivity contribution in [3.8, 4) is 0 Å². The Balaban J connectivity index is 1.45. The summed E-state index contributed by atoms with van der Waals surface area (Å²) in [5.41, 5.74) is 1.19. The van der Waals surface area contributed by atoms with E-state index in [1.165, 1.54) is 22.0 Å². The maximum absolute atomic E-state index is 13.8. The zero-order valence-corrected chi connectivity index (χ0v) is 16.0. The molecule has 3 heterocycles. The van der Waals surface area contributed by atoms with Crippen molar-refractivity contribution >= 4 is 17.6 Å². The number of anilines is 1. The van der Waals surface area contributed by atoms with Gasteiger partial charge in [-0.05, 0) is 19.4 Å². The standard InChI is InChI=1S/C19H20FN7O2/c1-12-18-25(2)19(29)15(7-8-26(18)10-21-12)23-17(28)16-22-11-27(24-16)9-13-5-3-4-6-14(13)20/h3-6,10-11,15H,7-9H2,1-2H3,(H,23,28). The average molecular weight is 397 g/mol. The largest absolute Gasteiger partial charge is 0.337 e. The van der Waals surface area contributed by atoms with Crippen molar-refractivity contribution in [2.24, 2.45) is 0 Å². The second-order valence-electron chi connectivity index (χ2n) is 6.92. The molecule has 0 bridgehead atoms. The number of amides is 2. The summed E-state index contributed by atoms with van der Waals surface area (Å²) in [5, 5.41) is 6.82. The molecule has 0 saturated heterocycles. The number of fused-ring (bicyclic) bond motifs is 1. The Morgan fingerprint density at radius 2 is 2.07 bits per heavy atom. The number of hydrogen-bond acceptors (Lipinski definition) is 5. The normalized spacial score (nSPS) is 16.4. The highest BCUT2D eigenvalue weighted by Gasteiger charge is 2.31. The zero-order chi connectivity index (χ0) is 20.5. The Labute approximate surface area is 166 Å². The lowest BCUT2D eigenvalue weighted by molar-refractivity contribution is -0.120. The molecule has 1 aromatic carbocycles. The van der Waals surface area contributed by atoms with Gasteiger partial charge in [0.2, 0.25) is 5.82 Å². The van der Waals surface area contributed by atoms with Crippen molar-refractivity contribution in [3.05, 3.63) is 59.8 Å². The Kier molecular flexibility index (Phi) is 4.83. The van der Waals surface area contributed by atoms with Crippen molar-refractivity contribution < 1.29 is 14.0 Å². The van der Waals surface area contributed by atoms with Gasteiger partial charge in [-0.2, -0.15) is 0 Å². The maximum atomic E-state index is 13.8. The quantitative estimate of drug-likeness (QED) is 0.712. The number of nitrogens with one attached hydrogen (secondary N) is 1. The topological polar surface area (TPSA) is 97.9 Å². The predicted octanol–water partition coefficient (Wildman–Crippen LogP) is 1.14. The molecule has 0 radical (unpaired) electrons. The van der Waals surface area contributed by atoms with Crippen LogP contribution >= 0.6 is 0 Å². The van der Waals surface area contributed by atoms with Crippen molar-refractivity contribution in [1.29, 1.82) is 0 Å². The van der Waals surface area contributed by atoms with Gasteiger partial charge in [-0.15, -0.1) is 5.10 Å². The highest BCUT2D eigenvalue weighted by molar-refractivity contribution is 6.01. The van der Waals surface area contributed by atoms with Crippen LogP contribution in [-0.2, 0) is 17.9 Å². The van der Waals surface area contributed by atoms with Crippen LogP contribution in [0.3, 0.4) is 0 Å². The van der Waals surface area contributed by atoms with E-state index in [1.807, 2.05) is 11.5 Å². The van der Waals surface area contributed by atoms with E-state index in [1.54, 1.807) is 31.6 Å². The Morgan fingerprint density at radius 3 is 2.86 bits per heavy atom. The molecule has 29 heavy (non-hydrogen) atoms. The molecule has 9 nitrogen and oxygen atoms in total.